The van der Waals surface area contributed by atoms with Crippen LogP contribution < -0.4 is 0 Å². The number of carbonyl (C=O) groups excluding carboxylic acids is 3. The van der Waals surface area contributed by atoms with Crippen molar-refractivity contribution in [2.24, 2.45) is 0 Å². The van der Waals surface area contributed by atoms with Crippen molar-refractivity contribution >= 4 is 17.7 Å². The van der Waals surface area contributed by atoms with Crippen molar-refractivity contribution in [1.29, 1.82) is 0 Å². The van der Waals surface area contributed by atoms with Crippen LogP contribution >= 0.6 is 0 Å². The highest BCUT2D eigenvalue weighted by Crippen LogP contribution is 2.27. The fraction of sp³-hybridized carbons (Fsp3) is 0.360. The Morgan fingerprint density at radius 2 is 1.94 bits per heavy atom. The summed E-state index contributed by atoms with van der Waals surface area (Å²) in [5.74, 6) is -0.983. The molecule has 1 amide bonds. The summed E-state index contributed by atoms with van der Waals surface area (Å²) in [6.07, 6.45) is 4.72. The third kappa shape index (κ3) is 4.74. The minimum Gasteiger partial charge on any atom is -0.461 e. The van der Waals surface area contributed by atoms with Crippen molar-refractivity contribution in [2.75, 3.05) is 6.61 Å². The summed E-state index contributed by atoms with van der Waals surface area (Å²) in [5.41, 5.74) is 2.79. The molecule has 1 atom stereocenters. The number of amides is 1. The molecule has 3 aromatic rings. The first-order chi connectivity index (χ1) is 15.8. The highest BCUT2D eigenvalue weighted by molar-refractivity contribution is 6.07. The fourth-order valence-corrected chi connectivity index (χ4v) is 4.08. The number of ether oxygens (including phenoxy) is 1. The number of aromatic nitrogens is 2. The van der Waals surface area contributed by atoms with Crippen LogP contribution in [0.15, 0.2) is 47.3 Å². The summed E-state index contributed by atoms with van der Waals surface area (Å²) in [4.78, 5) is 45.2. The molecule has 0 aromatic carbocycles. The second-order valence-electron chi connectivity index (χ2n) is 7.71. The molecule has 8 nitrogen and oxygen atoms in total. The number of ketones is 1. The third-order valence-electron chi connectivity index (χ3n) is 5.71. The SMILES string of the molecule is CCOC(=O)c1c(C)c(C(=O)C(C)N(Cc2cccnc2)C(=O)c2ccco2)c(C)n1CC. The highest BCUT2D eigenvalue weighted by atomic mass is 16.5. The normalized spacial score (nSPS) is 11.8. The van der Waals surface area contributed by atoms with Gasteiger partial charge in [-0.1, -0.05) is 6.07 Å². The monoisotopic (exact) mass is 451 g/mol. The lowest BCUT2D eigenvalue weighted by Crippen LogP contribution is -2.43. The van der Waals surface area contributed by atoms with Crippen molar-refractivity contribution in [3.63, 3.8) is 0 Å². The molecule has 0 fully saturated rings. The Morgan fingerprint density at radius 3 is 2.52 bits per heavy atom. The lowest BCUT2D eigenvalue weighted by molar-refractivity contribution is 0.0512. The van der Waals surface area contributed by atoms with Crippen LogP contribution in [-0.4, -0.2) is 44.8 Å². The lowest BCUT2D eigenvalue weighted by Gasteiger charge is -2.28. The number of hydrogen-bond donors (Lipinski definition) is 0. The van der Waals surface area contributed by atoms with E-state index in [4.69, 9.17) is 9.15 Å². The molecular formula is C25H29N3O5. The van der Waals surface area contributed by atoms with Gasteiger partial charge in [-0.2, -0.15) is 0 Å². The minimum absolute atomic E-state index is 0.144. The summed E-state index contributed by atoms with van der Waals surface area (Å²) in [5, 5.41) is 0. The first kappa shape index (κ1) is 24.0. The Hall–Kier alpha value is -3.68. The average Bonchev–Trinajstić information content (AvgIpc) is 3.43. The Morgan fingerprint density at radius 1 is 1.18 bits per heavy atom. The average molecular weight is 452 g/mol. The van der Waals surface area contributed by atoms with Crippen molar-refractivity contribution in [3.05, 3.63) is 76.8 Å². The van der Waals surface area contributed by atoms with Gasteiger partial charge in [0.15, 0.2) is 11.5 Å². The molecule has 3 rings (SSSR count). The summed E-state index contributed by atoms with van der Waals surface area (Å²) < 4.78 is 12.3. The van der Waals surface area contributed by atoms with Crippen molar-refractivity contribution in [1.82, 2.24) is 14.5 Å². The van der Waals surface area contributed by atoms with Gasteiger partial charge in [-0.3, -0.25) is 14.6 Å². The second-order valence-corrected chi connectivity index (χ2v) is 7.71. The third-order valence-corrected chi connectivity index (χ3v) is 5.71. The molecule has 1 unspecified atom stereocenters. The molecule has 0 radical (unpaired) electrons. The molecule has 0 aliphatic carbocycles. The summed E-state index contributed by atoms with van der Waals surface area (Å²) in [7, 11) is 0. The molecule has 3 aromatic heterocycles. The van der Waals surface area contributed by atoms with E-state index >= 15 is 0 Å². The number of Topliss-reactive ketones (excluding diaryl/α,β-unsaturated/α-hetero) is 1. The second kappa shape index (κ2) is 10.3. The van der Waals surface area contributed by atoms with Crippen LogP contribution in [-0.2, 0) is 17.8 Å². The molecule has 0 aliphatic heterocycles. The van der Waals surface area contributed by atoms with Gasteiger partial charge in [-0.15, -0.1) is 0 Å². The molecule has 0 saturated heterocycles. The van der Waals surface area contributed by atoms with Crippen LogP contribution in [0.5, 0.6) is 0 Å². The van der Waals surface area contributed by atoms with Gasteiger partial charge in [0, 0.05) is 36.7 Å². The Balaban J connectivity index is 2.03. The molecular weight excluding hydrogens is 422 g/mol. The van der Waals surface area contributed by atoms with Crippen LogP contribution in [0.2, 0.25) is 0 Å². The standard InChI is InChI=1S/C25H29N3O5/c1-6-27-17(4)21(16(3)22(27)25(31)32-7-2)23(29)18(5)28(15-19-10-8-12-26-14-19)24(30)20-11-9-13-33-20/h8-14,18H,6-7,15H2,1-5H3. The number of nitrogens with zero attached hydrogens (tertiary/aromatic N) is 3. The number of rotatable bonds is 9. The number of carbonyl (C=O) groups is 3. The van der Waals surface area contributed by atoms with E-state index in [0.29, 0.717) is 29.1 Å². The van der Waals surface area contributed by atoms with E-state index < -0.39 is 17.9 Å². The number of hydrogen-bond acceptors (Lipinski definition) is 6. The van der Waals surface area contributed by atoms with E-state index in [-0.39, 0.29) is 24.7 Å². The van der Waals surface area contributed by atoms with E-state index in [1.807, 2.05) is 13.0 Å². The molecule has 0 saturated carbocycles. The summed E-state index contributed by atoms with van der Waals surface area (Å²) in [6, 6.07) is 6.00. The number of furan rings is 1. The van der Waals surface area contributed by atoms with Crippen molar-refractivity contribution in [3.8, 4) is 0 Å². The van der Waals surface area contributed by atoms with Gasteiger partial charge in [0.2, 0.25) is 0 Å². The lowest BCUT2D eigenvalue weighted by atomic mass is 9.99. The van der Waals surface area contributed by atoms with Gasteiger partial charge < -0.3 is 18.6 Å². The predicted molar refractivity (Wildman–Crippen MR) is 122 cm³/mol. The van der Waals surface area contributed by atoms with Gasteiger partial charge in [-0.05, 0) is 63.9 Å². The molecule has 0 N–H and O–H groups in total. The molecule has 0 bridgehead atoms. The van der Waals surface area contributed by atoms with Crippen LogP contribution in [0.4, 0.5) is 0 Å². The van der Waals surface area contributed by atoms with Crippen LogP contribution in [0.1, 0.15) is 69.0 Å². The molecule has 3 heterocycles. The predicted octanol–water partition coefficient (Wildman–Crippen LogP) is 4.20. The first-order valence-corrected chi connectivity index (χ1v) is 11.0. The zero-order valence-corrected chi connectivity index (χ0v) is 19.6. The molecule has 8 heteroatoms. The Labute approximate surface area is 193 Å². The summed E-state index contributed by atoms with van der Waals surface area (Å²) >= 11 is 0. The van der Waals surface area contributed by atoms with Crippen LogP contribution in [0, 0.1) is 13.8 Å². The largest absolute Gasteiger partial charge is 0.461 e. The van der Waals surface area contributed by atoms with E-state index in [2.05, 4.69) is 4.98 Å². The van der Waals surface area contributed by atoms with Crippen LogP contribution in [0.3, 0.4) is 0 Å². The zero-order chi connectivity index (χ0) is 24.1. The smallest absolute Gasteiger partial charge is 0.355 e. The van der Waals surface area contributed by atoms with Gasteiger partial charge in [0.05, 0.1) is 18.9 Å². The minimum atomic E-state index is -0.817. The Bertz CT molecular complexity index is 1130. The number of pyridine rings is 1. The van der Waals surface area contributed by atoms with Gasteiger partial charge in [0.25, 0.3) is 5.91 Å². The maximum Gasteiger partial charge on any atom is 0.355 e. The van der Waals surface area contributed by atoms with Gasteiger partial charge in [-0.25, -0.2) is 4.79 Å². The number of esters is 1. The van der Waals surface area contributed by atoms with E-state index in [9.17, 15) is 14.4 Å². The summed E-state index contributed by atoms with van der Waals surface area (Å²) in [6.45, 7) is 9.80. The van der Waals surface area contributed by atoms with E-state index in [0.717, 1.165) is 5.56 Å². The first-order valence-electron chi connectivity index (χ1n) is 11.0. The van der Waals surface area contributed by atoms with Crippen molar-refractivity contribution < 1.29 is 23.5 Å². The van der Waals surface area contributed by atoms with Gasteiger partial charge >= 0.3 is 5.97 Å². The van der Waals surface area contributed by atoms with E-state index in [1.165, 1.54) is 11.2 Å². The van der Waals surface area contributed by atoms with Crippen molar-refractivity contribution in [2.45, 2.75) is 53.8 Å². The van der Waals surface area contributed by atoms with Crippen LogP contribution in [0.25, 0.3) is 0 Å². The molecule has 174 valence electrons. The van der Waals surface area contributed by atoms with E-state index in [1.54, 1.807) is 62.9 Å². The fourth-order valence-electron chi connectivity index (χ4n) is 4.08. The quantitative estimate of drug-likeness (QED) is 0.357. The van der Waals surface area contributed by atoms with Gasteiger partial charge in [0.1, 0.15) is 5.69 Å². The maximum absolute atomic E-state index is 13.7. The topological polar surface area (TPSA) is 94.6 Å². The Kier molecular flexibility index (Phi) is 7.48. The zero-order valence-electron chi connectivity index (χ0n) is 19.6. The maximum atomic E-state index is 13.7. The highest BCUT2D eigenvalue weighted by Gasteiger charge is 2.34. The molecule has 0 spiro atoms. The molecule has 33 heavy (non-hydrogen) atoms. The molecule has 0 aliphatic rings.